The maximum Gasteiger partial charge on any atom is 0.0577 e. The Morgan fingerprint density at radius 3 is 1.62 bits per heavy atom. The minimum Gasteiger partial charge on any atom is -0.381 e. The molecule has 3 fully saturated rings. The standard InChI is InChI=1S/2C9H18O.C8H16O/c1-8(2)7-9-3-5-10-6-4-9;1-8(2)7-9-5-3-4-6-10-9;1-7(2)5-8-3-4-9-6-8/h2*8-9H,3-7H2,1-2H3;7-8H,3-6H2,1-2H3. The average Bonchev–Trinajstić information content (AvgIpc) is 3.16. The molecule has 0 aromatic heterocycles. The first-order valence-electron chi connectivity index (χ1n) is 12.6. The third kappa shape index (κ3) is 15.3. The van der Waals surface area contributed by atoms with Gasteiger partial charge in [0.05, 0.1) is 6.10 Å². The molecule has 0 saturated carbocycles. The summed E-state index contributed by atoms with van der Waals surface area (Å²) in [5, 5.41) is 0. The second-order valence-corrected chi connectivity index (χ2v) is 10.7. The fraction of sp³-hybridized carbons (Fsp3) is 1.00. The molecular formula is C26H52O3. The van der Waals surface area contributed by atoms with Crippen molar-refractivity contribution < 1.29 is 14.2 Å². The van der Waals surface area contributed by atoms with Gasteiger partial charge in [-0.05, 0) is 87.4 Å². The van der Waals surface area contributed by atoms with Crippen LogP contribution in [0.1, 0.15) is 99.3 Å². The maximum atomic E-state index is 5.59. The molecule has 2 atom stereocenters. The van der Waals surface area contributed by atoms with Crippen molar-refractivity contribution in [1.29, 1.82) is 0 Å². The third-order valence-corrected chi connectivity index (χ3v) is 5.98. The van der Waals surface area contributed by atoms with Crippen molar-refractivity contribution in [3.8, 4) is 0 Å². The molecule has 3 heteroatoms. The Balaban J connectivity index is 0.000000218. The first-order chi connectivity index (χ1) is 13.9. The molecule has 0 amide bonds. The van der Waals surface area contributed by atoms with Gasteiger partial charge in [-0.1, -0.05) is 41.5 Å². The summed E-state index contributed by atoms with van der Waals surface area (Å²) in [7, 11) is 0. The minimum atomic E-state index is 0.578. The molecule has 0 aromatic rings. The van der Waals surface area contributed by atoms with Crippen molar-refractivity contribution in [2.45, 2.75) is 105 Å². The zero-order valence-corrected chi connectivity index (χ0v) is 20.6. The summed E-state index contributed by atoms with van der Waals surface area (Å²) in [6.45, 7) is 18.7. The summed E-state index contributed by atoms with van der Waals surface area (Å²) in [5.41, 5.74) is 0. The number of hydrogen-bond acceptors (Lipinski definition) is 3. The summed E-state index contributed by atoms with van der Waals surface area (Å²) in [6, 6.07) is 0. The molecule has 3 heterocycles. The third-order valence-electron chi connectivity index (χ3n) is 5.98. The van der Waals surface area contributed by atoms with E-state index in [-0.39, 0.29) is 0 Å². The topological polar surface area (TPSA) is 27.7 Å². The van der Waals surface area contributed by atoms with Crippen LogP contribution in [0.15, 0.2) is 0 Å². The lowest BCUT2D eigenvalue weighted by Gasteiger charge is -2.23. The van der Waals surface area contributed by atoms with E-state index in [1.165, 1.54) is 57.8 Å². The van der Waals surface area contributed by atoms with Crippen molar-refractivity contribution in [3.63, 3.8) is 0 Å². The van der Waals surface area contributed by atoms with Crippen molar-refractivity contribution >= 4 is 0 Å². The Kier molecular flexibility index (Phi) is 15.4. The van der Waals surface area contributed by atoms with E-state index in [0.717, 1.165) is 62.6 Å². The van der Waals surface area contributed by atoms with Gasteiger partial charge in [-0.25, -0.2) is 0 Å². The molecule has 3 aliphatic heterocycles. The van der Waals surface area contributed by atoms with Crippen LogP contribution in [0.2, 0.25) is 0 Å². The number of ether oxygens (including phenoxy) is 3. The SMILES string of the molecule is CC(C)CC1CCCCO1.CC(C)CC1CCOC1.CC(C)CC1CCOCC1. The number of hydrogen-bond donors (Lipinski definition) is 0. The lowest BCUT2D eigenvalue weighted by molar-refractivity contribution is 0.00419. The van der Waals surface area contributed by atoms with Gasteiger partial charge < -0.3 is 14.2 Å². The zero-order chi connectivity index (χ0) is 21.5. The predicted molar refractivity (Wildman–Crippen MR) is 124 cm³/mol. The van der Waals surface area contributed by atoms with Crippen LogP contribution in [0.4, 0.5) is 0 Å². The van der Waals surface area contributed by atoms with Crippen LogP contribution in [0.5, 0.6) is 0 Å². The fourth-order valence-electron chi connectivity index (χ4n) is 4.60. The van der Waals surface area contributed by atoms with E-state index in [4.69, 9.17) is 14.2 Å². The van der Waals surface area contributed by atoms with Gasteiger partial charge >= 0.3 is 0 Å². The highest BCUT2D eigenvalue weighted by Crippen LogP contribution is 2.22. The molecule has 0 N–H and O–H groups in total. The van der Waals surface area contributed by atoms with E-state index < -0.39 is 0 Å². The van der Waals surface area contributed by atoms with Gasteiger partial charge in [-0.2, -0.15) is 0 Å². The summed E-state index contributed by atoms with van der Waals surface area (Å²) in [6.07, 6.45) is 12.4. The fourth-order valence-corrected chi connectivity index (χ4v) is 4.60. The van der Waals surface area contributed by atoms with Gasteiger partial charge in [-0.15, -0.1) is 0 Å². The summed E-state index contributed by atoms with van der Waals surface area (Å²) in [5.74, 6) is 4.32. The quantitative estimate of drug-likeness (QED) is 0.464. The summed E-state index contributed by atoms with van der Waals surface area (Å²) >= 11 is 0. The highest BCUT2D eigenvalue weighted by Gasteiger charge is 2.16. The minimum absolute atomic E-state index is 0.578. The van der Waals surface area contributed by atoms with Crippen molar-refractivity contribution in [2.75, 3.05) is 33.0 Å². The van der Waals surface area contributed by atoms with Gasteiger partial charge in [0.2, 0.25) is 0 Å². The van der Waals surface area contributed by atoms with Crippen LogP contribution in [0.3, 0.4) is 0 Å². The van der Waals surface area contributed by atoms with Gasteiger partial charge in [0.15, 0.2) is 0 Å². The maximum absolute atomic E-state index is 5.59. The molecule has 3 rings (SSSR count). The molecule has 0 bridgehead atoms. The molecule has 0 aromatic carbocycles. The average molecular weight is 413 g/mol. The Morgan fingerprint density at radius 2 is 1.14 bits per heavy atom. The van der Waals surface area contributed by atoms with E-state index in [1.807, 2.05) is 0 Å². The van der Waals surface area contributed by atoms with Crippen LogP contribution in [-0.2, 0) is 14.2 Å². The normalized spacial score (nSPS) is 25.6. The Bertz CT molecular complexity index is 325. The molecule has 0 radical (unpaired) electrons. The van der Waals surface area contributed by atoms with Gasteiger partial charge in [0, 0.05) is 33.0 Å². The highest BCUT2D eigenvalue weighted by molar-refractivity contribution is 4.66. The summed E-state index contributed by atoms with van der Waals surface area (Å²) in [4.78, 5) is 0. The second kappa shape index (κ2) is 16.6. The molecular weight excluding hydrogens is 360 g/mol. The number of rotatable bonds is 6. The van der Waals surface area contributed by atoms with Gasteiger partial charge in [0.25, 0.3) is 0 Å². The zero-order valence-electron chi connectivity index (χ0n) is 20.6. The van der Waals surface area contributed by atoms with Gasteiger partial charge in [-0.3, -0.25) is 0 Å². The molecule has 0 aliphatic carbocycles. The first kappa shape index (κ1) is 26.9. The molecule has 0 spiro atoms. The first-order valence-corrected chi connectivity index (χ1v) is 12.6. The van der Waals surface area contributed by atoms with E-state index in [0.29, 0.717) is 6.10 Å². The van der Waals surface area contributed by atoms with E-state index in [2.05, 4.69) is 41.5 Å². The molecule has 3 nitrogen and oxygen atoms in total. The largest absolute Gasteiger partial charge is 0.381 e. The lowest BCUT2D eigenvalue weighted by Crippen LogP contribution is -2.20. The Labute approximate surface area is 182 Å². The van der Waals surface area contributed by atoms with Crippen molar-refractivity contribution in [3.05, 3.63) is 0 Å². The van der Waals surface area contributed by atoms with E-state index in [9.17, 15) is 0 Å². The van der Waals surface area contributed by atoms with Crippen molar-refractivity contribution in [2.24, 2.45) is 29.6 Å². The van der Waals surface area contributed by atoms with Crippen LogP contribution in [0.25, 0.3) is 0 Å². The molecule has 174 valence electrons. The Morgan fingerprint density at radius 1 is 0.586 bits per heavy atom. The Hall–Kier alpha value is -0.120. The monoisotopic (exact) mass is 412 g/mol. The molecule has 3 aliphatic rings. The van der Waals surface area contributed by atoms with Crippen LogP contribution >= 0.6 is 0 Å². The molecule has 29 heavy (non-hydrogen) atoms. The van der Waals surface area contributed by atoms with E-state index >= 15 is 0 Å². The second-order valence-electron chi connectivity index (χ2n) is 10.7. The van der Waals surface area contributed by atoms with Crippen LogP contribution < -0.4 is 0 Å². The van der Waals surface area contributed by atoms with Crippen LogP contribution in [-0.4, -0.2) is 39.1 Å². The predicted octanol–water partition coefficient (Wildman–Crippen LogP) is 7.13. The smallest absolute Gasteiger partial charge is 0.0577 e. The van der Waals surface area contributed by atoms with Crippen LogP contribution in [0, 0.1) is 29.6 Å². The molecule has 2 unspecified atom stereocenters. The highest BCUT2D eigenvalue weighted by atomic mass is 16.5. The summed E-state index contributed by atoms with van der Waals surface area (Å²) < 4.78 is 16.1. The van der Waals surface area contributed by atoms with E-state index in [1.54, 1.807) is 0 Å². The van der Waals surface area contributed by atoms with Crippen molar-refractivity contribution in [1.82, 2.24) is 0 Å². The lowest BCUT2D eigenvalue weighted by atomic mass is 9.91. The van der Waals surface area contributed by atoms with Gasteiger partial charge in [0.1, 0.15) is 0 Å². The molecule has 3 saturated heterocycles.